The lowest BCUT2D eigenvalue weighted by atomic mass is 10.3. The van der Waals surface area contributed by atoms with E-state index in [0.717, 1.165) is 10.1 Å². The van der Waals surface area contributed by atoms with Crippen molar-refractivity contribution in [1.29, 1.82) is 0 Å². The number of hydrogen-bond donors (Lipinski definition) is 2. The number of hydrogen-bond acceptors (Lipinski definition) is 3. The highest BCUT2D eigenvalue weighted by Gasteiger charge is 2.04. The molecule has 1 atom stereocenters. The molecule has 0 saturated carbocycles. The fourth-order valence-electron chi connectivity index (χ4n) is 1.03. The molecule has 74 valence electrons. The molecule has 0 aliphatic rings. The SMILES string of the molecule is CCNCC(O)Cn1cc(I)cn1. The van der Waals surface area contributed by atoms with Gasteiger partial charge in [0.15, 0.2) is 0 Å². The van der Waals surface area contributed by atoms with Gasteiger partial charge in [-0.1, -0.05) is 6.92 Å². The van der Waals surface area contributed by atoms with E-state index in [1.54, 1.807) is 10.9 Å². The average molecular weight is 295 g/mol. The zero-order valence-corrected chi connectivity index (χ0v) is 9.73. The van der Waals surface area contributed by atoms with Crippen molar-refractivity contribution >= 4 is 22.6 Å². The summed E-state index contributed by atoms with van der Waals surface area (Å²) in [6.45, 7) is 4.07. The van der Waals surface area contributed by atoms with Crippen LogP contribution in [-0.4, -0.2) is 34.1 Å². The maximum absolute atomic E-state index is 9.52. The first-order chi connectivity index (χ1) is 6.22. The maximum atomic E-state index is 9.52. The molecule has 4 nitrogen and oxygen atoms in total. The molecule has 0 saturated heterocycles. The van der Waals surface area contributed by atoms with Crippen LogP contribution in [-0.2, 0) is 6.54 Å². The van der Waals surface area contributed by atoms with Gasteiger partial charge in [-0.15, -0.1) is 0 Å². The van der Waals surface area contributed by atoms with Crippen LogP contribution in [0.25, 0.3) is 0 Å². The molecule has 1 heterocycles. The quantitative estimate of drug-likeness (QED) is 0.776. The van der Waals surface area contributed by atoms with E-state index in [4.69, 9.17) is 0 Å². The molecule has 1 rings (SSSR count). The Kier molecular flexibility index (Phi) is 4.68. The number of aliphatic hydroxyl groups is 1. The van der Waals surface area contributed by atoms with Crippen LogP contribution in [0, 0.1) is 3.57 Å². The zero-order chi connectivity index (χ0) is 9.68. The summed E-state index contributed by atoms with van der Waals surface area (Å²) in [4.78, 5) is 0. The molecule has 0 fully saturated rings. The second-order valence-corrected chi connectivity index (χ2v) is 4.09. The molecule has 1 aromatic heterocycles. The molecule has 0 aliphatic heterocycles. The minimum Gasteiger partial charge on any atom is -0.390 e. The summed E-state index contributed by atoms with van der Waals surface area (Å²) in [6, 6.07) is 0. The topological polar surface area (TPSA) is 50.1 Å². The predicted octanol–water partition coefficient (Wildman–Crippen LogP) is 0.458. The fourth-order valence-corrected chi connectivity index (χ4v) is 1.48. The van der Waals surface area contributed by atoms with Crippen LogP contribution in [0.2, 0.25) is 0 Å². The average Bonchev–Trinajstić information content (AvgIpc) is 2.48. The van der Waals surface area contributed by atoms with Gasteiger partial charge in [0.05, 0.1) is 22.4 Å². The first kappa shape index (κ1) is 10.9. The van der Waals surface area contributed by atoms with E-state index in [1.807, 2.05) is 13.1 Å². The van der Waals surface area contributed by atoms with Crippen LogP contribution in [0.15, 0.2) is 12.4 Å². The summed E-state index contributed by atoms with van der Waals surface area (Å²) in [5.74, 6) is 0. The molecule has 13 heavy (non-hydrogen) atoms. The van der Waals surface area contributed by atoms with Crippen LogP contribution in [0.3, 0.4) is 0 Å². The summed E-state index contributed by atoms with van der Waals surface area (Å²) in [5.41, 5.74) is 0. The summed E-state index contributed by atoms with van der Waals surface area (Å²) in [6.07, 6.45) is 3.33. The van der Waals surface area contributed by atoms with E-state index in [-0.39, 0.29) is 6.10 Å². The van der Waals surface area contributed by atoms with Gasteiger partial charge in [0.2, 0.25) is 0 Å². The Balaban J connectivity index is 2.31. The van der Waals surface area contributed by atoms with Crippen LogP contribution < -0.4 is 5.32 Å². The largest absolute Gasteiger partial charge is 0.390 e. The Labute approximate surface area is 91.5 Å². The Morgan fingerprint density at radius 1 is 1.77 bits per heavy atom. The first-order valence-corrected chi connectivity index (χ1v) is 5.37. The van der Waals surface area contributed by atoms with Crippen LogP contribution >= 0.6 is 22.6 Å². The molecule has 0 aromatic carbocycles. The van der Waals surface area contributed by atoms with Crippen molar-refractivity contribution in [1.82, 2.24) is 15.1 Å². The van der Waals surface area contributed by atoms with Crippen LogP contribution in [0.5, 0.6) is 0 Å². The first-order valence-electron chi connectivity index (χ1n) is 4.29. The van der Waals surface area contributed by atoms with Crippen LogP contribution in [0.4, 0.5) is 0 Å². The number of aromatic nitrogens is 2. The van der Waals surface area contributed by atoms with Crippen molar-refractivity contribution in [3.05, 3.63) is 16.0 Å². The molecule has 0 radical (unpaired) electrons. The van der Waals surface area contributed by atoms with Crippen molar-refractivity contribution in [2.24, 2.45) is 0 Å². The van der Waals surface area contributed by atoms with E-state index in [9.17, 15) is 5.11 Å². The molecule has 5 heteroatoms. The van der Waals surface area contributed by atoms with Crippen molar-refractivity contribution < 1.29 is 5.11 Å². The van der Waals surface area contributed by atoms with Gasteiger partial charge >= 0.3 is 0 Å². The van der Waals surface area contributed by atoms with E-state index < -0.39 is 0 Å². The molecule has 0 spiro atoms. The van der Waals surface area contributed by atoms with E-state index in [0.29, 0.717) is 13.1 Å². The summed E-state index contributed by atoms with van der Waals surface area (Å²) in [7, 11) is 0. The second kappa shape index (κ2) is 5.56. The van der Waals surface area contributed by atoms with Gasteiger partial charge in [-0.3, -0.25) is 4.68 Å². The molecule has 0 aliphatic carbocycles. The molecule has 0 amide bonds. The van der Waals surface area contributed by atoms with Gasteiger partial charge < -0.3 is 10.4 Å². The number of rotatable bonds is 5. The lowest BCUT2D eigenvalue weighted by Crippen LogP contribution is -2.30. The molecule has 1 aromatic rings. The third kappa shape index (κ3) is 4.06. The Bertz CT molecular complexity index is 251. The number of likely N-dealkylation sites (N-methyl/N-ethyl adjacent to an activating group) is 1. The van der Waals surface area contributed by atoms with Gasteiger partial charge in [-0.2, -0.15) is 5.10 Å². The monoisotopic (exact) mass is 295 g/mol. The lowest BCUT2D eigenvalue weighted by Gasteiger charge is -2.10. The van der Waals surface area contributed by atoms with Gasteiger partial charge in [0.1, 0.15) is 0 Å². The molecular weight excluding hydrogens is 281 g/mol. The highest BCUT2D eigenvalue weighted by Crippen LogP contribution is 2.01. The minimum absolute atomic E-state index is 0.365. The minimum atomic E-state index is -0.365. The number of aliphatic hydroxyl groups excluding tert-OH is 1. The number of nitrogens with zero attached hydrogens (tertiary/aromatic N) is 2. The second-order valence-electron chi connectivity index (χ2n) is 2.84. The Morgan fingerprint density at radius 2 is 2.54 bits per heavy atom. The smallest absolute Gasteiger partial charge is 0.0860 e. The van der Waals surface area contributed by atoms with Gasteiger partial charge in [0, 0.05) is 12.7 Å². The number of halogens is 1. The molecule has 2 N–H and O–H groups in total. The van der Waals surface area contributed by atoms with Crippen molar-refractivity contribution in [3.63, 3.8) is 0 Å². The highest BCUT2D eigenvalue weighted by molar-refractivity contribution is 14.1. The molecule has 0 bridgehead atoms. The van der Waals surface area contributed by atoms with Crippen LogP contribution in [0.1, 0.15) is 6.92 Å². The highest BCUT2D eigenvalue weighted by atomic mass is 127. The zero-order valence-electron chi connectivity index (χ0n) is 7.57. The summed E-state index contributed by atoms with van der Waals surface area (Å²) >= 11 is 2.20. The Hall–Kier alpha value is -0.140. The lowest BCUT2D eigenvalue weighted by molar-refractivity contribution is 0.147. The van der Waals surface area contributed by atoms with Crippen molar-refractivity contribution in [2.75, 3.05) is 13.1 Å². The third-order valence-corrected chi connectivity index (χ3v) is 2.19. The third-order valence-electron chi connectivity index (χ3n) is 1.63. The number of nitrogens with one attached hydrogen (secondary N) is 1. The fraction of sp³-hybridized carbons (Fsp3) is 0.625. The molecule has 1 unspecified atom stereocenters. The predicted molar refractivity (Wildman–Crippen MR) is 59.5 cm³/mol. The van der Waals surface area contributed by atoms with E-state index in [1.165, 1.54) is 0 Å². The van der Waals surface area contributed by atoms with Crippen molar-refractivity contribution in [2.45, 2.75) is 19.6 Å². The van der Waals surface area contributed by atoms with Gasteiger partial charge in [-0.25, -0.2) is 0 Å². The summed E-state index contributed by atoms with van der Waals surface area (Å²) < 4.78 is 2.84. The molecular formula is C8H14IN3O. The maximum Gasteiger partial charge on any atom is 0.0860 e. The normalized spacial score (nSPS) is 13.2. The summed E-state index contributed by atoms with van der Waals surface area (Å²) in [5, 5.41) is 16.7. The van der Waals surface area contributed by atoms with Crippen molar-refractivity contribution in [3.8, 4) is 0 Å². The standard InChI is InChI=1S/C8H14IN3O/c1-2-10-4-8(13)6-12-5-7(9)3-11-12/h3,5,8,10,13H,2,4,6H2,1H3. The Morgan fingerprint density at radius 3 is 3.08 bits per heavy atom. The van der Waals surface area contributed by atoms with Gasteiger partial charge in [-0.05, 0) is 29.1 Å². The van der Waals surface area contributed by atoms with E-state index >= 15 is 0 Å². The van der Waals surface area contributed by atoms with Gasteiger partial charge in [0.25, 0.3) is 0 Å². The van der Waals surface area contributed by atoms with E-state index in [2.05, 4.69) is 33.0 Å².